The molecular formula is C11H16N2O. The van der Waals surface area contributed by atoms with Crippen molar-refractivity contribution in [2.75, 3.05) is 0 Å². The molecule has 0 saturated heterocycles. The standard InChI is InChI=1S/C11H16N2O/c1-7-11-9(13-8(2)12-7)5-3-4-6-10(11)14/h10,14H,3-6H2,1-2H3. The Kier molecular flexibility index (Phi) is 2.50. The van der Waals surface area contributed by atoms with Crippen molar-refractivity contribution < 1.29 is 5.11 Å². The van der Waals surface area contributed by atoms with Gasteiger partial charge in [0, 0.05) is 11.3 Å². The van der Waals surface area contributed by atoms with Crippen LogP contribution in [-0.2, 0) is 6.42 Å². The molecule has 1 aliphatic rings. The summed E-state index contributed by atoms with van der Waals surface area (Å²) in [5.74, 6) is 0.815. The number of hydrogen-bond acceptors (Lipinski definition) is 3. The van der Waals surface area contributed by atoms with Crippen LogP contribution in [0, 0.1) is 13.8 Å². The Balaban J connectivity index is 2.53. The molecule has 3 nitrogen and oxygen atoms in total. The topological polar surface area (TPSA) is 46.0 Å². The van der Waals surface area contributed by atoms with Crippen LogP contribution in [0.2, 0.25) is 0 Å². The van der Waals surface area contributed by atoms with Gasteiger partial charge in [-0.1, -0.05) is 6.42 Å². The number of fused-ring (bicyclic) bond motifs is 1. The highest BCUT2D eigenvalue weighted by Crippen LogP contribution is 2.28. The van der Waals surface area contributed by atoms with Crippen molar-refractivity contribution in [1.82, 2.24) is 9.97 Å². The van der Waals surface area contributed by atoms with E-state index >= 15 is 0 Å². The molecule has 0 saturated carbocycles. The van der Waals surface area contributed by atoms with E-state index in [-0.39, 0.29) is 6.10 Å². The zero-order valence-electron chi connectivity index (χ0n) is 8.75. The quantitative estimate of drug-likeness (QED) is 0.638. The summed E-state index contributed by atoms with van der Waals surface area (Å²) >= 11 is 0. The predicted molar refractivity (Wildman–Crippen MR) is 54.0 cm³/mol. The van der Waals surface area contributed by atoms with Crippen LogP contribution < -0.4 is 0 Å². The summed E-state index contributed by atoms with van der Waals surface area (Å²) in [6, 6.07) is 0. The van der Waals surface area contributed by atoms with Gasteiger partial charge in [0.25, 0.3) is 0 Å². The summed E-state index contributed by atoms with van der Waals surface area (Å²) in [6.07, 6.45) is 3.68. The third kappa shape index (κ3) is 1.64. The van der Waals surface area contributed by atoms with E-state index in [2.05, 4.69) is 9.97 Å². The van der Waals surface area contributed by atoms with Gasteiger partial charge in [0.2, 0.25) is 0 Å². The second kappa shape index (κ2) is 3.65. The van der Waals surface area contributed by atoms with Crippen molar-refractivity contribution in [3.8, 4) is 0 Å². The van der Waals surface area contributed by atoms with E-state index < -0.39 is 0 Å². The van der Waals surface area contributed by atoms with Crippen molar-refractivity contribution in [3.05, 3.63) is 22.8 Å². The van der Waals surface area contributed by atoms with Gasteiger partial charge in [-0.05, 0) is 33.1 Å². The van der Waals surface area contributed by atoms with Crippen molar-refractivity contribution in [3.63, 3.8) is 0 Å². The molecule has 0 spiro atoms. The van der Waals surface area contributed by atoms with Gasteiger partial charge in [-0.25, -0.2) is 9.97 Å². The van der Waals surface area contributed by atoms with Crippen LogP contribution >= 0.6 is 0 Å². The molecule has 14 heavy (non-hydrogen) atoms. The lowest BCUT2D eigenvalue weighted by molar-refractivity contribution is 0.165. The van der Waals surface area contributed by atoms with Gasteiger partial charge < -0.3 is 5.11 Å². The first-order valence-corrected chi connectivity index (χ1v) is 5.20. The van der Waals surface area contributed by atoms with Crippen molar-refractivity contribution >= 4 is 0 Å². The largest absolute Gasteiger partial charge is 0.388 e. The summed E-state index contributed by atoms with van der Waals surface area (Å²) in [5, 5.41) is 9.93. The molecular weight excluding hydrogens is 176 g/mol. The lowest BCUT2D eigenvalue weighted by atomic mass is 10.0. The first-order valence-electron chi connectivity index (χ1n) is 5.20. The number of aromatic nitrogens is 2. The lowest BCUT2D eigenvalue weighted by Crippen LogP contribution is -2.08. The Morgan fingerprint density at radius 1 is 1.21 bits per heavy atom. The molecule has 0 amide bonds. The molecule has 0 aliphatic heterocycles. The van der Waals surface area contributed by atoms with E-state index in [0.717, 1.165) is 48.5 Å². The average Bonchev–Trinajstić information content (AvgIpc) is 2.27. The fourth-order valence-electron chi connectivity index (χ4n) is 2.19. The van der Waals surface area contributed by atoms with Crippen LogP contribution in [0.4, 0.5) is 0 Å². The van der Waals surface area contributed by atoms with Crippen LogP contribution in [0.1, 0.15) is 48.1 Å². The first kappa shape index (κ1) is 9.59. The molecule has 76 valence electrons. The van der Waals surface area contributed by atoms with E-state index in [9.17, 15) is 5.11 Å². The summed E-state index contributed by atoms with van der Waals surface area (Å²) in [7, 11) is 0. The molecule has 0 radical (unpaired) electrons. The number of aryl methyl sites for hydroxylation is 3. The van der Waals surface area contributed by atoms with Crippen LogP contribution in [0.15, 0.2) is 0 Å². The van der Waals surface area contributed by atoms with Gasteiger partial charge in [0.15, 0.2) is 0 Å². The minimum atomic E-state index is -0.354. The summed E-state index contributed by atoms with van der Waals surface area (Å²) in [5.41, 5.74) is 2.98. The summed E-state index contributed by atoms with van der Waals surface area (Å²) < 4.78 is 0. The Labute approximate surface area is 84.2 Å². The van der Waals surface area contributed by atoms with E-state index in [4.69, 9.17) is 0 Å². The summed E-state index contributed by atoms with van der Waals surface area (Å²) in [4.78, 5) is 8.72. The fourth-order valence-corrected chi connectivity index (χ4v) is 2.19. The zero-order valence-corrected chi connectivity index (χ0v) is 8.75. The molecule has 1 N–H and O–H groups in total. The number of aliphatic hydroxyl groups excluding tert-OH is 1. The monoisotopic (exact) mass is 192 g/mol. The number of hydrogen-bond donors (Lipinski definition) is 1. The molecule has 1 aliphatic carbocycles. The third-order valence-corrected chi connectivity index (χ3v) is 2.80. The molecule has 2 rings (SSSR count). The first-order chi connectivity index (χ1) is 6.68. The van der Waals surface area contributed by atoms with Gasteiger partial charge in [-0.3, -0.25) is 0 Å². The molecule has 0 aromatic carbocycles. The second-order valence-electron chi connectivity index (χ2n) is 3.98. The van der Waals surface area contributed by atoms with E-state index in [1.54, 1.807) is 0 Å². The number of aliphatic hydroxyl groups is 1. The predicted octanol–water partition coefficient (Wildman–Crippen LogP) is 1.85. The molecule has 0 fully saturated rings. The van der Waals surface area contributed by atoms with Crippen molar-refractivity contribution in [2.24, 2.45) is 0 Å². The molecule has 1 unspecified atom stereocenters. The highest BCUT2D eigenvalue weighted by Gasteiger charge is 2.20. The van der Waals surface area contributed by atoms with Crippen molar-refractivity contribution in [2.45, 2.75) is 45.6 Å². The van der Waals surface area contributed by atoms with E-state index in [1.165, 1.54) is 0 Å². The van der Waals surface area contributed by atoms with Crippen LogP contribution in [0.25, 0.3) is 0 Å². The maximum Gasteiger partial charge on any atom is 0.125 e. The van der Waals surface area contributed by atoms with Gasteiger partial charge in [-0.15, -0.1) is 0 Å². The highest BCUT2D eigenvalue weighted by molar-refractivity contribution is 5.28. The van der Waals surface area contributed by atoms with Gasteiger partial charge in [-0.2, -0.15) is 0 Å². The van der Waals surface area contributed by atoms with E-state index in [1.807, 2.05) is 13.8 Å². The Morgan fingerprint density at radius 3 is 2.79 bits per heavy atom. The zero-order chi connectivity index (χ0) is 10.1. The minimum absolute atomic E-state index is 0.354. The van der Waals surface area contributed by atoms with Crippen LogP contribution in [-0.4, -0.2) is 15.1 Å². The van der Waals surface area contributed by atoms with Gasteiger partial charge in [0.1, 0.15) is 5.82 Å². The fraction of sp³-hybridized carbons (Fsp3) is 0.636. The molecule has 1 heterocycles. The van der Waals surface area contributed by atoms with E-state index in [0.29, 0.717) is 0 Å². The number of nitrogens with zero attached hydrogens (tertiary/aromatic N) is 2. The van der Waals surface area contributed by atoms with Crippen LogP contribution in [0.5, 0.6) is 0 Å². The Hall–Kier alpha value is -0.960. The molecule has 1 aromatic rings. The van der Waals surface area contributed by atoms with Crippen molar-refractivity contribution in [1.29, 1.82) is 0 Å². The smallest absolute Gasteiger partial charge is 0.125 e. The third-order valence-electron chi connectivity index (χ3n) is 2.80. The SMILES string of the molecule is Cc1nc(C)c2c(n1)CCCCC2O. The molecule has 1 atom stereocenters. The highest BCUT2D eigenvalue weighted by atomic mass is 16.3. The molecule has 3 heteroatoms. The normalized spacial score (nSPS) is 21.5. The summed E-state index contributed by atoms with van der Waals surface area (Å²) in [6.45, 7) is 3.87. The van der Waals surface area contributed by atoms with Crippen LogP contribution in [0.3, 0.4) is 0 Å². The average molecular weight is 192 g/mol. The number of rotatable bonds is 0. The van der Waals surface area contributed by atoms with Gasteiger partial charge in [0.05, 0.1) is 11.8 Å². The molecule has 1 aromatic heterocycles. The molecule has 0 bridgehead atoms. The van der Waals surface area contributed by atoms with Gasteiger partial charge >= 0.3 is 0 Å². The maximum atomic E-state index is 9.93. The Morgan fingerprint density at radius 2 is 2.00 bits per heavy atom. The lowest BCUT2D eigenvalue weighted by Gasteiger charge is -2.13. The second-order valence-corrected chi connectivity index (χ2v) is 3.98. The maximum absolute atomic E-state index is 9.93. The Bertz CT molecular complexity index is 349. The minimum Gasteiger partial charge on any atom is -0.388 e.